The van der Waals surface area contributed by atoms with Gasteiger partial charge in [-0.2, -0.15) is 0 Å². The summed E-state index contributed by atoms with van der Waals surface area (Å²) in [5.74, 6) is 1.57. The second kappa shape index (κ2) is 5.06. The van der Waals surface area contributed by atoms with E-state index in [1.54, 1.807) is 25.6 Å². The molecule has 2 rings (SSSR count). The molecular weight excluding hydrogens is 302 g/mol. The molecule has 5 heteroatoms. The van der Waals surface area contributed by atoms with Crippen LogP contribution in [0.5, 0.6) is 11.5 Å². The summed E-state index contributed by atoms with van der Waals surface area (Å²) in [6.45, 7) is 2.02. The van der Waals surface area contributed by atoms with Gasteiger partial charge in [0, 0.05) is 11.4 Å². The van der Waals surface area contributed by atoms with E-state index >= 15 is 0 Å². The van der Waals surface area contributed by atoms with Crippen LogP contribution in [0.3, 0.4) is 0 Å². The zero-order chi connectivity index (χ0) is 12.4. The van der Waals surface area contributed by atoms with Gasteiger partial charge in [0.25, 0.3) is 0 Å². The Morgan fingerprint density at radius 3 is 2.53 bits per heavy atom. The summed E-state index contributed by atoms with van der Waals surface area (Å²) in [6, 6.07) is 3.85. The normalized spacial score (nSPS) is 10.4. The van der Waals surface area contributed by atoms with E-state index in [0.29, 0.717) is 0 Å². The standard InChI is InChI=1S/C12H12BrNO2S/c1-7-4-8(15-2)5-9(16-3)11(7)12-14-10(13)6-17-12/h4-6H,1-3H3. The molecule has 90 valence electrons. The molecule has 0 saturated heterocycles. The van der Waals surface area contributed by atoms with Crippen LogP contribution in [0.2, 0.25) is 0 Å². The number of hydrogen-bond acceptors (Lipinski definition) is 4. The number of hydrogen-bond donors (Lipinski definition) is 0. The van der Waals surface area contributed by atoms with Gasteiger partial charge >= 0.3 is 0 Å². The van der Waals surface area contributed by atoms with Crippen molar-refractivity contribution in [3.05, 3.63) is 27.7 Å². The van der Waals surface area contributed by atoms with Crippen molar-refractivity contribution in [2.75, 3.05) is 14.2 Å². The summed E-state index contributed by atoms with van der Waals surface area (Å²) in [7, 11) is 3.30. The molecule has 0 aliphatic rings. The van der Waals surface area contributed by atoms with Crippen LogP contribution in [0.25, 0.3) is 10.6 Å². The number of ether oxygens (including phenoxy) is 2. The van der Waals surface area contributed by atoms with Gasteiger partial charge in [-0.1, -0.05) is 0 Å². The van der Waals surface area contributed by atoms with E-state index in [0.717, 1.165) is 32.2 Å². The Bertz CT molecular complexity index is 539. The van der Waals surface area contributed by atoms with E-state index in [-0.39, 0.29) is 0 Å². The van der Waals surface area contributed by atoms with E-state index < -0.39 is 0 Å². The van der Waals surface area contributed by atoms with Gasteiger partial charge in [-0.3, -0.25) is 0 Å². The fourth-order valence-electron chi connectivity index (χ4n) is 1.64. The van der Waals surface area contributed by atoms with Crippen LogP contribution >= 0.6 is 27.3 Å². The number of methoxy groups -OCH3 is 2. The van der Waals surface area contributed by atoms with Crippen molar-refractivity contribution in [1.82, 2.24) is 4.98 Å². The number of nitrogens with zero attached hydrogens (tertiary/aromatic N) is 1. The zero-order valence-electron chi connectivity index (χ0n) is 9.78. The number of aromatic nitrogens is 1. The lowest BCUT2D eigenvalue weighted by molar-refractivity contribution is 0.395. The first-order valence-electron chi connectivity index (χ1n) is 4.99. The number of halogens is 1. The summed E-state index contributed by atoms with van der Waals surface area (Å²) < 4.78 is 11.5. The van der Waals surface area contributed by atoms with Gasteiger partial charge < -0.3 is 9.47 Å². The molecule has 1 aromatic heterocycles. The predicted molar refractivity (Wildman–Crippen MR) is 73.1 cm³/mol. The fourth-order valence-corrected chi connectivity index (χ4v) is 3.01. The van der Waals surface area contributed by atoms with E-state index in [4.69, 9.17) is 9.47 Å². The first kappa shape index (κ1) is 12.4. The molecule has 0 fully saturated rings. The number of aryl methyl sites for hydroxylation is 1. The second-order valence-electron chi connectivity index (χ2n) is 3.50. The summed E-state index contributed by atoms with van der Waals surface area (Å²) in [5, 5.41) is 2.90. The maximum absolute atomic E-state index is 5.40. The smallest absolute Gasteiger partial charge is 0.133 e. The number of benzene rings is 1. The molecule has 0 spiro atoms. The third kappa shape index (κ3) is 2.45. The second-order valence-corrected chi connectivity index (χ2v) is 5.17. The molecule has 3 nitrogen and oxygen atoms in total. The van der Waals surface area contributed by atoms with Gasteiger partial charge in [-0.15, -0.1) is 11.3 Å². The van der Waals surface area contributed by atoms with Gasteiger partial charge in [-0.05, 0) is 34.5 Å². The molecule has 0 atom stereocenters. The maximum Gasteiger partial charge on any atom is 0.133 e. The molecule has 17 heavy (non-hydrogen) atoms. The first-order chi connectivity index (χ1) is 8.15. The summed E-state index contributed by atoms with van der Waals surface area (Å²) in [5.41, 5.74) is 2.10. The average Bonchev–Trinajstić information content (AvgIpc) is 2.74. The molecule has 2 aromatic rings. The average molecular weight is 314 g/mol. The Labute approximate surface area is 113 Å². The predicted octanol–water partition coefficient (Wildman–Crippen LogP) is 3.90. The lowest BCUT2D eigenvalue weighted by atomic mass is 10.1. The number of rotatable bonds is 3. The third-order valence-electron chi connectivity index (χ3n) is 2.42. The molecule has 0 saturated carbocycles. The highest BCUT2D eigenvalue weighted by atomic mass is 79.9. The topological polar surface area (TPSA) is 31.4 Å². The molecule has 0 amide bonds. The van der Waals surface area contributed by atoms with E-state index in [9.17, 15) is 0 Å². The van der Waals surface area contributed by atoms with Crippen molar-refractivity contribution in [2.45, 2.75) is 6.92 Å². The van der Waals surface area contributed by atoms with Crippen LogP contribution in [0.15, 0.2) is 22.1 Å². The van der Waals surface area contributed by atoms with Crippen LogP contribution in [-0.4, -0.2) is 19.2 Å². The molecule has 0 bridgehead atoms. The Morgan fingerprint density at radius 2 is 2.00 bits per heavy atom. The summed E-state index contributed by atoms with van der Waals surface area (Å²) in [6.07, 6.45) is 0. The lowest BCUT2D eigenvalue weighted by Gasteiger charge is -2.11. The van der Waals surface area contributed by atoms with Crippen molar-refractivity contribution in [3.63, 3.8) is 0 Å². The van der Waals surface area contributed by atoms with Gasteiger partial charge in [-0.25, -0.2) is 4.98 Å². The van der Waals surface area contributed by atoms with Crippen molar-refractivity contribution in [2.24, 2.45) is 0 Å². The van der Waals surface area contributed by atoms with Crippen molar-refractivity contribution >= 4 is 27.3 Å². The monoisotopic (exact) mass is 313 g/mol. The van der Waals surface area contributed by atoms with Gasteiger partial charge in [0.05, 0.1) is 19.8 Å². The minimum Gasteiger partial charge on any atom is -0.497 e. The van der Waals surface area contributed by atoms with Crippen LogP contribution in [-0.2, 0) is 0 Å². The van der Waals surface area contributed by atoms with E-state index in [1.165, 1.54) is 0 Å². The number of thiazole rings is 1. The molecule has 0 N–H and O–H groups in total. The maximum atomic E-state index is 5.40. The van der Waals surface area contributed by atoms with Gasteiger partial charge in [0.15, 0.2) is 0 Å². The molecular formula is C12H12BrNO2S. The van der Waals surface area contributed by atoms with Crippen LogP contribution in [0.4, 0.5) is 0 Å². The van der Waals surface area contributed by atoms with Crippen LogP contribution in [0, 0.1) is 6.92 Å². The van der Waals surface area contributed by atoms with Gasteiger partial charge in [0.2, 0.25) is 0 Å². The molecule has 0 aliphatic heterocycles. The highest BCUT2D eigenvalue weighted by Crippen LogP contribution is 2.38. The minimum absolute atomic E-state index is 0.781. The molecule has 1 aromatic carbocycles. The van der Waals surface area contributed by atoms with Crippen LogP contribution < -0.4 is 9.47 Å². The molecule has 0 radical (unpaired) electrons. The lowest BCUT2D eigenvalue weighted by Crippen LogP contribution is -1.93. The first-order valence-corrected chi connectivity index (χ1v) is 6.67. The van der Waals surface area contributed by atoms with Crippen LogP contribution in [0.1, 0.15) is 5.56 Å². The highest BCUT2D eigenvalue weighted by molar-refractivity contribution is 9.10. The highest BCUT2D eigenvalue weighted by Gasteiger charge is 2.14. The Morgan fingerprint density at radius 1 is 1.24 bits per heavy atom. The van der Waals surface area contributed by atoms with E-state index in [2.05, 4.69) is 20.9 Å². The minimum atomic E-state index is 0.781. The van der Waals surface area contributed by atoms with E-state index in [1.807, 2.05) is 24.4 Å². The quantitative estimate of drug-likeness (QED) is 0.861. The Balaban J connectivity index is 2.60. The fraction of sp³-hybridized carbons (Fsp3) is 0.250. The van der Waals surface area contributed by atoms with Crippen molar-refractivity contribution < 1.29 is 9.47 Å². The third-order valence-corrected chi connectivity index (χ3v) is 3.99. The van der Waals surface area contributed by atoms with Gasteiger partial charge in [0.1, 0.15) is 21.1 Å². The van der Waals surface area contributed by atoms with Crippen molar-refractivity contribution in [3.8, 4) is 22.1 Å². The summed E-state index contributed by atoms with van der Waals surface area (Å²) >= 11 is 4.94. The largest absolute Gasteiger partial charge is 0.497 e. The zero-order valence-corrected chi connectivity index (χ0v) is 12.2. The Hall–Kier alpha value is -1.07. The van der Waals surface area contributed by atoms with Crippen molar-refractivity contribution in [1.29, 1.82) is 0 Å². The summed E-state index contributed by atoms with van der Waals surface area (Å²) in [4.78, 5) is 4.42. The molecule has 0 aliphatic carbocycles. The molecule has 0 unspecified atom stereocenters. The SMILES string of the molecule is COc1cc(C)c(-c2nc(Br)cs2)c(OC)c1. The molecule has 1 heterocycles. The Kier molecular flexibility index (Phi) is 3.69.